The molecule has 2 aromatic carbocycles. The molecular weight excluding hydrogens is 334 g/mol. The number of nitrogens with zero attached hydrogens (tertiary/aromatic N) is 1. The van der Waals surface area contributed by atoms with Gasteiger partial charge < -0.3 is 9.84 Å². The van der Waals surface area contributed by atoms with E-state index in [4.69, 9.17) is 4.74 Å². The number of rotatable bonds is 2. The van der Waals surface area contributed by atoms with Crippen molar-refractivity contribution in [3.8, 4) is 5.75 Å². The lowest BCUT2D eigenvalue weighted by atomic mass is 10.1. The molecule has 5 heteroatoms. The largest absolute Gasteiger partial charge is 0.507 e. The van der Waals surface area contributed by atoms with Gasteiger partial charge in [-0.05, 0) is 36.4 Å². The number of benzene rings is 2. The minimum atomic E-state index is -0.534. The molecule has 0 spiro atoms. The summed E-state index contributed by atoms with van der Waals surface area (Å²) in [4.78, 5) is 16.0. The lowest BCUT2D eigenvalue weighted by Crippen LogP contribution is -2.04. The molecule has 104 valence electrons. The number of hydrogen-bond acceptors (Lipinski definition) is 4. The summed E-state index contributed by atoms with van der Waals surface area (Å²) in [5.74, 6) is -0.198. The Kier molecular flexibility index (Phi) is 3.58. The number of aromatic hydroxyl groups is 1. The second-order valence-electron chi connectivity index (χ2n) is 4.41. The Labute approximate surface area is 129 Å². The maximum Gasteiger partial charge on any atom is 0.363 e. The molecule has 0 unspecified atom stereocenters. The standard InChI is InChI=1S/C16H10BrNO3/c17-12-6-7-14(19)11(8-12)9-13-16(20)21-15(18-13)10-4-2-1-3-5-10/h1-9,19H. The summed E-state index contributed by atoms with van der Waals surface area (Å²) in [7, 11) is 0. The Bertz CT molecular complexity index is 766. The van der Waals surface area contributed by atoms with Gasteiger partial charge in [-0.25, -0.2) is 9.79 Å². The van der Waals surface area contributed by atoms with Gasteiger partial charge in [-0.15, -0.1) is 0 Å². The van der Waals surface area contributed by atoms with E-state index in [2.05, 4.69) is 20.9 Å². The molecule has 0 aromatic heterocycles. The van der Waals surface area contributed by atoms with Crippen LogP contribution < -0.4 is 0 Å². The van der Waals surface area contributed by atoms with E-state index in [1.807, 2.05) is 30.3 Å². The first-order chi connectivity index (χ1) is 10.1. The van der Waals surface area contributed by atoms with Crippen molar-refractivity contribution in [1.29, 1.82) is 0 Å². The Balaban J connectivity index is 1.99. The molecule has 0 bridgehead atoms. The molecule has 2 aromatic rings. The van der Waals surface area contributed by atoms with Gasteiger partial charge in [0.2, 0.25) is 5.90 Å². The van der Waals surface area contributed by atoms with Crippen LogP contribution in [0.3, 0.4) is 0 Å². The van der Waals surface area contributed by atoms with Crippen LogP contribution in [-0.4, -0.2) is 17.0 Å². The highest BCUT2D eigenvalue weighted by molar-refractivity contribution is 9.10. The van der Waals surface area contributed by atoms with Gasteiger partial charge in [-0.1, -0.05) is 34.1 Å². The predicted octanol–water partition coefficient (Wildman–Crippen LogP) is 3.50. The molecule has 0 amide bonds. The molecule has 1 N–H and O–H groups in total. The molecule has 0 atom stereocenters. The van der Waals surface area contributed by atoms with Gasteiger partial charge in [0, 0.05) is 15.6 Å². The van der Waals surface area contributed by atoms with Crippen LogP contribution in [0.2, 0.25) is 0 Å². The number of halogens is 1. The van der Waals surface area contributed by atoms with Crippen molar-refractivity contribution in [2.75, 3.05) is 0 Å². The van der Waals surface area contributed by atoms with E-state index < -0.39 is 5.97 Å². The summed E-state index contributed by atoms with van der Waals surface area (Å²) in [5, 5.41) is 9.80. The van der Waals surface area contributed by atoms with Crippen LogP contribution in [0, 0.1) is 0 Å². The molecular formula is C16H10BrNO3. The maximum absolute atomic E-state index is 11.9. The molecule has 1 aliphatic rings. The zero-order valence-electron chi connectivity index (χ0n) is 10.8. The summed E-state index contributed by atoms with van der Waals surface area (Å²) in [5.41, 5.74) is 1.38. The normalized spacial score (nSPS) is 16.0. The predicted molar refractivity (Wildman–Crippen MR) is 82.9 cm³/mol. The fourth-order valence-corrected chi connectivity index (χ4v) is 2.28. The third kappa shape index (κ3) is 2.87. The van der Waals surface area contributed by atoms with Crippen molar-refractivity contribution in [3.63, 3.8) is 0 Å². The van der Waals surface area contributed by atoms with Crippen molar-refractivity contribution in [1.82, 2.24) is 0 Å². The SMILES string of the molecule is O=C1OC(c2ccccc2)=NC1=Cc1cc(Br)ccc1O. The highest BCUT2D eigenvalue weighted by atomic mass is 79.9. The van der Waals surface area contributed by atoms with Crippen LogP contribution in [0.4, 0.5) is 0 Å². The smallest absolute Gasteiger partial charge is 0.363 e. The average Bonchev–Trinajstić information content (AvgIpc) is 2.85. The van der Waals surface area contributed by atoms with Crippen LogP contribution >= 0.6 is 15.9 Å². The van der Waals surface area contributed by atoms with Crippen molar-refractivity contribution in [2.24, 2.45) is 4.99 Å². The third-order valence-corrected chi connectivity index (χ3v) is 3.42. The lowest BCUT2D eigenvalue weighted by Gasteiger charge is -1.99. The summed E-state index contributed by atoms with van der Waals surface area (Å²) >= 11 is 3.32. The van der Waals surface area contributed by atoms with Crippen molar-refractivity contribution in [3.05, 3.63) is 69.8 Å². The fraction of sp³-hybridized carbons (Fsp3) is 0. The van der Waals surface area contributed by atoms with Crippen LogP contribution in [-0.2, 0) is 9.53 Å². The fourth-order valence-electron chi connectivity index (χ4n) is 1.90. The molecule has 0 radical (unpaired) electrons. The summed E-state index contributed by atoms with van der Waals surface area (Å²) in [6.45, 7) is 0. The number of ether oxygens (including phenoxy) is 1. The quantitative estimate of drug-likeness (QED) is 0.670. The number of phenols is 1. The third-order valence-electron chi connectivity index (χ3n) is 2.92. The first-order valence-corrected chi connectivity index (χ1v) is 6.99. The zero-order chi connectivity index (χ0) is 14.8. The first-order valence-electron chi connectivity index (χ1n) is 6.20. The number of cyclic esters (lactones) is 1. The first kappa shape index (κ1) is 13.6. The van der Waals surface area contributed by atoms with Crippen LogP contribution in [0.5, 0.6) is 5.75 Å². The molecule has 0 saturated heterocycles. The van der Waals surface area contributed by atoms with Gasteiger partial charge in [0.15, 0.2) is 5.70 Å². The van der Waals surface area contributed by atoms with E-state index in [-0.39, 0.29) is 17.3 Å². The van der Waals surface area contributed by atoms with Crippen LogP contribution in [0.15, 0.2) is 63.7 Å². The molecule has 0 fully saturated rings. The highest BCUT2D eigenvalue weighted by Gasteiger charge is 2.24. The van der Waals surface area contributed by atoms with E-state index >= 15 is 0 Å². The Hall–Kier alpha value is -2.40. The molecule has 21 heavy (non-hydrogen) atoms. The molecule has 0 saturated carbocycles. The zero-order valence-corrected chi connectivity index (χ0v) is 12.4. The van der Waals surface area contributed by atoms with Crippen LogP contribution in [0.25, 0.3) is 6.08 Å². The van der Waals surface area contributed by atoms with Crippen molar-refractivity contribution in [2.45, 2.75) is 0 Å². The van der Waals surface area contributed by atoms with Crippen molar-refractivity contribution >= 4 is 33.9 Å². The van der Waals surface area contributed by atoms with Gasteiger partial charge in [0.1, 0.15) is 5.75 Å². The summed E-state index contributed by atoms with van der Waals surface area (Å²) < 4.78 is 5.95. The van der Waals surface area contributed by atoms with Gasteiger partial charge >= 0.3 is 5.97 Å². The van der Waals surface area contributed by atoms with E-state index in [1.165, 1.54) is 6.08 Å². The van der Waals surface area contributed by atoms with E-state index in [0.29, 0.717) is 5.56 Å². The second-order valence-corrected chi connectivity index (χ2v) is 5.32. The lowest BCUT2D eigenvalue weighted by molar-refractivity contribution is -0.129. The summed E-state index contributed by atoms with van der Waals surface area (Å²) in [6.07, 6.45) is 1.50. The monoisotopic (exact) mass is 343 g/mol. The van der Waals surface area contributed by atoms with Gasteiger partial charge in [0.25, 0.3) is 0 Å². The van der Waals surface area contributed by atoms with Gasteiger partial charge in [0.05, 0.1) is 0 Å². The van der Waals surface area contributed by atoms with E-state index in [9.17, 15) is 9.90 Å². The van der Waals surface area contributed by atoms with Crippen LogP contribution in [0.1, 0.15) is 11.1 Å². The van der Waals surface area contributed by atoms with Gasteiger partial charge in [-0.3, -0.25) is 0 Å². The second kappa shape index (κ2) is 5.54. The number of phenolic OH excluding ortho intramolecular Hbond substituents is 1. The number of esters is 1. The topological polar surface area (TPSA) is 58.9 Å². The van der Waals surface area contributed by atoms with Gasteiger partial charge in [-0.2, -0.15) is 0 Å². The number of hydrogen-bond donors (Lipinski definition) is 1. The summed E-state index contributed by atoms with van der Waals surface area (Å²) in [6, 6.07) is 14.1. The molecule has 3 rings (SSSR count). The minimum Gasteiger partial charge on any atom is -0.507 e. The minimum absolute atomic E-state index is 0.0712. The molecule has 1 aliphatic heterocycles. The Morgan fingerprint density at radius 2 is 1.90 bits per heavy atom. The van der Waals surface area contributed by atoms with Crippen molar-refractivity contribution < 1.29 is 14.6 Å². The molecule has 0 aliphatic carbocycles. The molecule has 4 nitrogen and oxygen atoms in total. The average molecular weight is 344 g/mol. The van der Waals surface area contributed by atoms with E-state index in [0.717, 1.165) is 10.0 Å². The van der Waals surface area contributed by atoms with E-state index in [1.54, 1.807) is 18.2 Å². The number of aliphatic imine (C=N–C) groups is 1. The number of carbonyl (C=O) groups excluding carboxylic acids is 1. The maximum atomic E-state index is 11.9. The Morgan fingerprint density at radius 3 is 2.67 bits per heavy atom. The molecule has 1 heterocycles. The number of carbonyl (C=O) groups is 1. The Morgan fingerprint density at radius 1 is 1.14 bits per heavy atom. The highest BCUT2D eigenvalue weighted by Crippen LogP contribution is 2.26.